The molecule has 1 aliphatic carbocycles. The lowest BCUT2D eigenvalue weighted by Crippen LogP contribution is -2.55. The number of hydrogen-bond acceptors (Lipinski definition) is 2. The Morgan fingerprint density at radius 2 is 1.75 bits per heavy atom. The first kappa shape index (κ1) is 16.3. The first-order chi connectivity index (χ1) is 9.54. The van der Waals surface area contributed by atoms with E-state index in [0.717, 1.165) is 30.0 Å². The van der Waals surface area contributed by atoms with E-state index in [4.69, 9.17) is 0 Å². The lowest BCUT2D eigenvalue weighted by Gasteiger charge is -2.47. The first-order valence-electron chi connectivity index (χ1n) is 9.00. The number of nitrogens with zero attached hydrogens (tertiary/aromatic N) is 2. The Morgan fingerprint density at radius 1 is 1.10 bits per heavy atom. The quantitative estimate of drug-likeness (QED) is 0.768. The Kier molecular flexibility index (Phi) is 5.92. The molecule has 1 aliphatic heterocycles. The molecule has 2 aliphatic rings. The van der Waals surface area contributed by atoms with Crippen LogP contribution >= 0.6 is 0 Å². The van der Waals surface area contributed by atoms with E-state index in [0.29, 0.717) is 0 Å². The van der Waals surface area contributed by atoms with Gasteiger partial charge in [0.15, 0.2) is 0 Å². The summed E-state index contributed by atoms with van der Waals surface area (Å²) in [5.41, 5.74) is 0. The van der Waals surface area contributed by atoms with Crippen LogP contribution in [-0.4, -0.2) is 48.1 Å². The molecule has 0 bridgehead atoms. The van der Waals surface area contributed by atoms with Crippen molar-refractivity contribution >= 4 is 0 Å². The van der Waals surface area contributed by atoms with Gasteiger partial charge in [-0.25, -0.2) is 0 Å². The van der Waals surface area contributed by atoms with Crippen LogP contribution < -0.4 is 0 Å². The molecule has 0 aromatic carbocycles. The summed E-state index contributed by atoms with van der Waals surface area (Å²) in [5, 5.41) is 0. The van der Waals surface area contributed by atoms with Crippen LogP contribution in [0, 0.1) is 11.8 Å². The Labute approximate surface area is 126 Å². The lowest BCUT2D eigenvalue weighted by atomic mass is 9.78. The highest BCUT2D eigenvalue weighted by Gasteiger charge is 2.34. The zero-order valence-corrected chi connectivity index (χ0v) is 14.4. The fourth-order valence-corrected chi connectivity index (χ4v) is 4.63. The van der Waals surface area contributed by atoms with Gasteiger partial charge >= 0.3 is 0 Å². The molecule has 2 atom stereocenters. The summed E-state index contributed by atoms with van der Waals surface area (Å²) in [6, 6.07) is 2.36. The van der Waals surface area contributed by atoms with Crippen LogP contribution in [0.15, 0.2) is 0 Å². The molecular formula is C18H36N2. The fourth-order valence-electron chi connectivity index (χ4n) is 4.63. The first-order valence-corrected chi connectivity index (χ1v) is 9.00. The van der Waals surface area contributed by atoms with Crippen LogP contribution in [0.4, 0.5) is 0 Å². The average Bonchev–Trinajstić information content (AvgIpc) is 2.47. The van der Waals surface area contributed by atoms with E-state index in [2.05, 4.69) is 44.5 Å². The Hall–Kier alpha value is -0.0800. The van der Waals surface area contributed by atoms with E-state index in [1.807, 2.05) is 0 Å². The molecule has 2 nitrogen and oxygen atoms in total. The molecule has 0 radical (unpaired) electrons. The standard InChI is InChI=1S/C18H36N2/c1-6-20-13-7-8-18(15(20)4)19(5)17-11-9-16(10-12-17)14(2)3/h14-18H,6-13H2,1-5H3. The largest absolute Gasteiger partial charge is 0.299 e. The van der Waals surface area contributed by atoms with Gasteiger partial charge in [-0.05, 0) is 77.4 Å². The zero-order valence-electron chi connectivity index (χ0n) is 14.4. The predicted molar refractivity (Wildman–Crippen MR) is 88.1 cm³/mol. The molecule has 0 amide bonds. The third-order valence-electron chi connectivity index (χ3n) is 6.27. The van der Waals surface area contributed by atoms with Crippen molar-refractivity contribution in [1.82, 2.24) is 9.80 Å². The molecule has 2 rings (SSSR count). The van der Waals surface area contributed by atoms with Gasteiger partial charge in [0.2, 0.25) is 0 Å². The molecule has 20 heavy (non-hydrogen) atoms. The van der Waals surface area contributed by atoms with Gasteiger partial charge in [-0.2, -0.15) is 0 Å². The van der Waals surface area contributed by atoms with Gasteiger partial charge in [0, 0.05) is 18.1 Å². The second-order valence-corrected chi connectivity index (χ2v) is 7.56. The number of likely N-dealkylation sites (N-methyl/N-ethyl adjacent to an activating group) is 2. The minimum absolute atomic E-state index is 0.738. The maximum absolute atomic E-state index is 2.75. The van der Waals surface area contributed by atoms with E-state index < -0.39 is 0 Å². The maximum Gasteiger partial charge on any atom is 0.0249 e. The highest BCUT2D eigenvalue weighted by Crippen LogP contribution is 2.34. The van der Waals surface area contributed by atoms with Crippen LogP contribution in [0.2, 0.25) is 0 Å². The molecule has 2 fully saturated rings. The minimum Gasteiger partial charge on any atom is -0.299 e. The van der Waals surface area contributed by atoms with Gasteiger partial charge < -0.3 is 0 Å². The van der Waals surface area contributed by atoms with Gasteiger partial charge in [0.1, 0.15) is 0 Å². The number of rotatable bonds is 4. The second-order valence-electron chi connectivity index (χ2n) is 7.56. The molecule has 1 saturated carbocycles. The third kappa shape index (κ3) is 3.57. The van der Waals surface area contributed by atoms with Crippen molar-refractivity contribution in [1.29, 1.82) is 0 Å². The van der Waals surface area contributed by atoms with Crippen LogP contribution in [0.3, 0.4) is 0 Å². The van der Waals surface area contributed by atoms with E-state index in [9.17, 15) is 0 Å². The normalized spacial score (nSPS) is 36.8. The lowest BCUT2D eigenvalue weighted by molar-refractivity contribution is 0.0253. The summed E-state index contributed by atoms with van der Waals surface area (Å²) >= 11 is 0. The van der Waals surface area contributed by atoms with E-state index in [1.54, 1.807) is 0 Å². The smallest absolute Gasteiger partial charge is 0.0249 e. The molecule has 0 aromatic rings. The summed E-state index contributed by atoms with van der Waals surface area (Å²) < 4.78 is 0. The fraction of sp³-hybridized carbons (Fsp3) is 1.00. The summed E-state index contributed by atoms with van der Waals surface area (Å²) in [5.74, 6) is 1.86. The van der Waals surface area contributed by atoms with Crippen molar-refractivity contribution in [3.05, 3.63) is 0 Å². The highest BCUT2D eigenvalue weighted by atomic mass is 15.3. The highest BCUT2D eigenvalue weighted by molar-refractivity contribution is 4.90. The van der Waals surface area contributed by atoms with Gasteiger partial charge in [0.05, 0.1) is 0 Å². The minimum atomic E-state index is 0.738. The van der Waals surface area contributed by atoms with Crippen LogP contribution in [0.5, 0.6) is 0 Å². The molecule has 0 N–H and O–H groups in total. The summed E-state index contributed by atoms with van der Waals surface area (Å²) in [6.07, 6.45) is 8.53. The SMILES string of the molecule is CCN1CCCC(N(C)C2CCC(C(C)C)CC2)C1C. The molecule has 1 heterocycles. The topological polar surface area (TPSA) is 6.48 Å². The monoisotopic (exact) mass is 280 g/mol. The molecule has 0 aromatic heterocycles. The summed E-state index contributed by atoms with van der Waals surface area (Å²) in [6.45, 7) is 12.1. The van der Waals surface area contributed by atoms with E-state index in [-0.39, 0.29) is 0 Å². The molecule has 0 spiro atoms. The molecule has 2 heteroatoms. The van der Waals surface area contributed by atoms with E-state index >= 15 is 0 Å². The van der Waals surface area contributed by atoms with Gasteiger partial charge in [0.25, 0.3) is 0 Å². The van der Waals surface area contributed by atoms with Crippen molar-refractivity contribution < 1.29 is 0 Å². The predicted octanol–water partition coefficient (Wildman–Crippen LogP) is 4.01. The Balaban J connectivity index is 1.89. The van der Waals surface area contributed by atoms with Crippen LogP contribution in [0.25, 0.3) is 0 Å². The van der Waals surface area contributed by atoms with Crippen molar-refractivity contribution in [3.8, 4) is 0 Å². The molecular weight excluding hydrogens is 244 g/mol. The van der Waals surface area contributed by atoms with Crippen LogP contribution in [0.1, 0.15) is 66.2 Å². The zero-order chi connectivity index (χ0) is 14.7. The van der Waals surface area contributed by atoms with Crippen molar-refractivity contribution in [2.24, 2.45) is 11.8 Å². The van der Waals surface area contributed by atoms with Crippen molar-refractivity contribution in [2.75, 3.05) is 20.1 Å². The molecule has 1 saturated heterocycles. The van der Waals surface area contributed by atoms with E-state index in [1.165, 1.54) is 51.6 Å². The Bertz CT molecular complexity index is 281. The number of piperidine rings is 1. The van der Waals surface area contributed by atoms with Gasteiger partial charge in [-0.15, -0.1) is 0 Å². The van der Waals surface area contributed by atoms with Crippen LogP contribution in [-0.2, 0) is 0 Å². The molecule has 2 unspecified atom stereocenters. The van der Waals surface area contributed by atoms with Crippen molar-refractivity contribution in [2.45, 2.75) is 84.3 Å². The maximum atomic E-state index is 2.75. The summed E-state index contributed by atoms with van der Waals surface area (Å²) in [7, 11) is 2.40. The Morgan fingerprint density at radius 3 is 2.30 bits per heavy atom. The average molecular weight is 280 g/mol. The molecule has 118 valence electrons. The van der Waals surface area contributed by atoms with Gasteiger partial charge in [-0.3, -0.25) is 9.80 Å². The van der Waals surface area contributed by atoms with Crippen molar-refractivity contribution in [3.63, 3.8) is 0 Å². The number of hydrogen-bond donors (Lipinski definition) is 0. The second kappa shape index (κ2) is 7.26. The van der Waals surface area contributed by atoms with Gasteiger partial charge in [-0.1, -0.05) is 20.8 Å². The summed E-state index contributed by atoms with van der Waals surface area (Å²) in [4.78, 5) is 5.42. The third-order valence-corrected chi connectivity index (χ3v) is 6.27. The number of likely N-dealkylation sites (tertiary alicyclic amines) is 1.